The Labute approximate surface area is 140 Å². The number of halogens is 1. The summed E-state index contributed by atoms with van der Waals surface area (Å²) in [5.41, 5.74) is 3.00. The molecule has 24 heavy (non-hydrogen) atoms. The molecule has 122 valence electrons. The normalized spacial score (nSPS) is 10.4. The Kier molecular flexibility index (Phi) is 5.01. The van der Waals surface area contributed by atoms with Gasteiger partial charge in [-0.15, -0.1) is 0 Å². The van der Waals surface area contributed by atoms with E-state index in [1.807, 2.05) is 12.1 Å². The van der Waals surface area contributed by atoms with Crippen LogP contribution in [0.3, 0.4) is 0 Å². The molecule has 2 aromatic carbocycles. The van der Waals surface area contributed by atoms with E-state index in [9.17, 15) is 4.39 Å². The molecule has 0 bridgehead atoms. The predicted molar refractivity (Wildman–Crippen MR) is 94.3 cm³/mol. The smallest absolute Gasteiger partial charge is 0.224 e. The molecule has 4 nitrogen and oxygen atoms in total. The molecule has 0 saturated carbocycles. The number of anilines is 2. The summed E-state index contributed by atoms with van der Waals surface area (Å²) in [4.78, 5) is 8.57. The molecule has 1 heterocycles. The fourth-order valence-electron chi connectivity index (χ4n) is 2.37. The zero-order valence-corrected chi connectivity index (χ0v) is 13.5. The van der Waals surface area contributed by atoms with Crippen molar-refractivity contribution in [1.82, 2.24) is 9.97 Å². The van der Waals surface area contributed by atoms with E-state index < -0.39 is 0 Å². The van der Waals surface area contributed by atoms with Crippen molar-refractivity contribution in [3.8, 4) is 0 Å². The van der Waals surface area contributed by atoms with Crippen molar-refractivity contribution in [3.63, 3.8) is 0 Å². The van der Waals surface area contributed by atoms with E-state index in [4.69, 9.17) is 0 Å². The van der Waals surface area contributed by atoms with E-state index >= 15 is 0 Å². The maximum absolute atomic E-state index is 13.6. The third-order valence-electron chi connectivity index (χ3n) is 3.61. The summed E-state index contributed by atoms with van der Waals surface area (Å²) in [5.74, 6) is 0.953. The third-order valence-corrected chi connectivity index (χ3v) is 3.61. The number of hydrogen-bond donors (Lipinski definition) is 2. The number of hydrogen-bond acceptors (Lipinski definition) is 4. The molecule has 0 atom stereocenters. The first-order chi connectivity index (χ1) is 11.7. The number of nitrogens with one attached hydrogen (secondary N) is 2. The van der Waals surface area contributed by atoms with Crippen molar-refractivity contribution in [3.05, 3.63) is 83.3 Å². The molecule has 0 aliphatic rings. The molecule has 2 N–H and O–H groups in total. The minimum Gasteiger partial charge on any atom is -0.366 e. The predicted octanol–water partition coefficient (Wildman–Crippen LogP) is 4.15. The van der Waals surface area contributed by atoms with Crippen LogP contribution in [0.25, 0.3) is 0 Å². The maximum atomic E-state index is 13.6. The fourth-order valence-corrected chi connectivity index (χ4v) is 2.37. The average Bonchev–Trinajstić information content (AvgIpc) is 2.60. The van der Waals surface area contributed by atoms with E-state index in [2.05, 4.69) is 45.7 Å². The molecular weight excluding hydrogens is 303 g/mol. The van der Waals surface area contributed by atoms with Gasteiger partial charge < -0.3 is 10.6 Å². The van der Waals surface area contributed by atoms with E-state index in [0.29, 0.717) is 24.6 Å². The van der Waals surface area contributed by atoms with Gasteiger partial charge in [0.05, 0.1) is 0 Å². The van der Waals surface area contributed by atoms with Crippen molar-refractivity contribution < 1.29 is 4.39 Å². The van der Waals surface area contributed by atoms with Crippen molar-refractivity contribution in [1.29, 1.82) is 0 Å². The monoisotopic (exact) mass is 322 g/mol. The number of aryl methyl sites for hydroxylation is 1. The Balaban J connectivity index is 1.60. The van der Waals surface area contributed by atoms with Crippen LogP contribution in [-0.4, -0.2) is 9.97 Å². The Hall–Kier alpha value is -2.95. The quantitative estimate of drug-likeness (QED) is 0.716. The van der Waals surface area contributed by atoms with E-state index in [1.165, 1.54) is 17.2 Å². The van der Waals surface area contributed by atoms with E-state index in [0.717, 1.165) is 5.82 Å². The lowest BCUT2D eigenvalue weighted by Crippen LogP contribution is -2.07. The molecule has 3 rings (SSSR count). The third kappa shape index (κ3) is 4.29. The summed E-state index contributed by atoms with van der Waals surface area (Å²) in [6, 6.07) is 16.8. The molecule has 3 aromatic rings. The molecule has 0 saturated heterocycles. The highest BCUT2D eigenvalue weighted by molar-refractivity contribution is 5.41. The molecular formula is C19H19FN4. The first kappa shape index (κ1) is 15.9. The summed E-state index contributed by atoms with van der Waals surface area (Å²) >= 11 is 0. The Morgan fingerprint density at radius 2 is 1.83 bits per heavy atom. The standard InChI is InChI=1S/C19H19FN4/c1-14-5-4-6-15(11-14)12-22-18-9-10-21-19(24-18)23-13-16-7-2-3-8-17(16)20/h2-11H,12-13H2,1H3,(H2,21,22,23,24). The highest BCUT2D eigenvalue weighted by Gasteiger charge is 2.03. The van der Waals surface area contributed by atoms with Gasteiger partial charge >= 0.3 is 0 Å². The summed E-state index contributed by atoms with van der Waals surface area (Å²) in [5, 5.41) is 6.32. The average molecular weight is 322 g/mol. The summed E-state index contributed by atoms with van der Waals surface area (Å²) in [6.45, 7) is 3.10. The fraction of sp³-hybridized carbons (Fsp3) is 0.158. The van der Waals surface area contributed by atoms with Crippen LogP contribution in [0.15, 0.2) is 60.8 Å². The second kappa shape index (κ2) is 7.55. The highest BCUT2D eigenvalue weighted by atomic mass is 19.1. The molecule has 0 aliphatic heterocycles. The van der Waals surface area contributed by atoms with Gasteiger partial charge in [0.2, 0.25) is 5.95 Å². The minimum atomic E-state index is -0.237. The maximum Gasteiger partial charge on any atom is 0.224 e. The van der Waals surface area contributed by atoms with Crippen LogP contribution in [0.5, 0.6) is 0 Å². The van der Waals surface area contributed by atoms with Gasteiger partial charge in [0.15, 0.2) is 0 Å². The van der Waals surface area contributed by atoms with Crippen LogP contribution in [-0.2, 0) is 13.1 Å². The molecule has 0 radical (unpaired) electrons. The van der Waals surface area contributed by atoms with Crippen LogP contribution in [0, 0.1) is 12.7 Å². The summed E-state index contributed by atoms with van der Waals surface area (Å²) < 4.78 is 13.6. The highest BCUT2D eigenvalue weighted by Crippen LogP contribution is 2.12. The molecule has 0 amide bonds. The Morgan fingerprint density at radius 3 is 2.67 bits per heavy atom. The molecule has 0 aliphatic carbocycles. The van der Waals surface area contributed by atoms with Crippen LogP contribution in [0.1, 0.15) is 16.7 Å². The first-order valence-corrected chi connectivity index (χ1v) is 7.80. The lowest BCUT2D eigenvalue weighted by Gasteiger charge is -2.09. The second-order valence-electron chi connectivity index (χ2n) is 5.55. The number of rotatable bonds is 6. The van der Waals surface area contributed by atoms with Crippen LogP contribution >= 0.6 is 0 Å². The van der Waals surface area contributed by atoms with Crippen molar-refractivity contribution in [2.45, 2.75) is 20.0 Å². The number of aromatic nitrogens is 2. The lowest BCUT2D eigenvalue weighted by molar-refractivity contribution is 0.612. The zero-order chi connectivity index (χ0) is 16.8. The Morgan fingerprint density at radius 1 is 0.958 bits per heavy atom. The van der Waals surface area contributed by atoms with E-state index in [-0.39, 0.29) is 5.82 Å². The molecule has 0 unspecified atom stereocenters. The Bertz CT molecular complexity index is 820. The van der Waals surface area contributed by atoms with Crippen molar-refractivity contribution >= 4 is 11.8 Å². The van der Waals surface area contributed by atoms with Gasteiger partial charge in [-0.1, -0.05) is 48.0 Å². The molecule has 0 spiro atoms. The lowest BCUT2D eigenvalue weighted by atomic mass is 10.1. The topological polar surface area (TPSA) is 49.8 Å². The first-order valence-electron chi connectivity index (χ1n) is 7.80. The largest absolute Gasteiger partial charge is 0.366 e. The zero-order valence-electron chi connectivity index (χ0n) is 13.5. The van der Waals surface area contributed by atoms with Gasteiger partial charge in [0, 0.05) is 24.8 Å². The van der Waals surface area contributed by atoms with Crippen molar-refractivity contribution in [2.75, 3.05) is 10.6 Å². The summed E-state index contributed by atoms with van der Waals surface area (Å²) in [6.07, 6.45) is 1.68. The van der Waals surface area contributed by atoms with Crippen molar-refractivity contribution in [2.24, 2.45) is 0 Å². The number of benzene rings is 2. The SMILES string of the molecule is Cc1cccc(CNc2ccnc(NCc3ccccc3F)n2)c1. The second-order valence-corrected chi connectivity index (χ2v) is 5.55. The molecule has 0 fully saturated rings. The molecule has 1 aromatic heterocycles. The van der Waals surface area contributed by atoms with Gasteiger partial charge in [0.1, 0.15) is 11.6 Å². The number of nitrogens with zero attached hydrogens (tertiary/aromatic N) is 2. The summed E-state index contributed by atoms with van der Waals surface area (Å²) in [7, 11) is 0. The van der Waals surface area contributed by atoms with Gasteiger partial charge in [-0.3, -0.25) is 0 Å². The van der Waals surface area contributed by atoms with Gasteiger partial charge in [0.25, 0.3) is 0 Å². The van der Waals surface area contributed by atoms with Gasteiger partial charge in [-0.25, -0.2) is 9.37 Å². The van der Waals surface area contributed by atoms with Crippen LogP contribution < -0.4 is 10.6 Å². The van der Waals surface area contributed by atoms with Crippen LogP contribution in [0.2, 0.25) is 0 Å². The van der Waals surface area contributed by atoms with E-state index in [1.54, 1.807) is 24.4 Å². The molecule has 5 heteroatoms. The van der Waals surface area contributed by atoms with Gasteiger partial charge in [-0.2, -0.15) is 4.98 Å². The van der Waals surface area contributed by atoms with Gasteiger partial charge in [-0.05, 0) is 24.6 Å². The minimum absolute atomic E-state index is 0.237. The van der Waals surface area contributed by atoms with Crippen LogP contribution in [0.4, 0.5) is 16.2 Å².